The summed E-state index contributed by atoms with van der Waals surface area (Å²) in [5.41, 5.74) is 0. The highest BCUT2D eigenvalue weighted by atomic mass is 19.4. The quantitative estimate of drug-likeness (QED) is 0.688. The molecule has 5 nitrogen and oxygen atoms in total. The van der Waals surface area contributed by atoms with Crippen molar-refractivity contribution in [3.05, 3.63) is 0 Å². The van der Waals surface area contributed by atoms with E-state index in [1.54, 1.807) is 6.92 Å². The highest BCUT2D eigenvalue weighted by Crippen LogP contribution is 2.19. The lowest BCUT2D eigenvalue weighted by Gasteiger charge is -2.19. The number of nitrogens with zero attached hydrogens (tertiary/aromatic N) is 1. The van der Waals surface area contributed by atoms with Gasteiger partial charge in [0, 0.05) is 19.1 Å². The van der Waals surface area contributed by atoms with Crippen LogP contribution in [0.5, 0.6) is 0 Å². The van der Waals surface area contributed by atoms with Crippen molar-refractivity contribution < 1.29 is 23.1 Å². The summed E-state index contributed by atoms with van der Waals surface area (Å²) in [4.78, 5) is 12.7. The monoisotopic (exact) mass is 269 g/mol. The van der Waals surface area contributed by atoms with Gasteiger partial charge >= 0.3 is 12.2 Å². The van der Waals surface area contributed by atoms with Gasteiger partial charge in [0.15, 0.2) is 0 Å². The normalized spacial score (nSPS) is 22.8. The lowest BCUT2D eigenvalue weighted by Crippen LogP contribution is -2.47. The number of halogens is 3. The maximum atomic E-state index is 12.1. The molecule has 8 heteroatoms. The molecule has 0 aromatic carbocycles. The van der Waals surface area contributed by atoms with E-state index < -0.39 is 18.8 Å². The van der Waals surface area contributed by atoms with Crippen LogP contribution < -0.4 is 10.6 Å². The van der Waals surface area contributed by atoms with E-state index in [-0.39, 0.29) is 25.2 Å². The topological polar surface area (TPSA) is 64.6 Å². The fraction of sp³-hybridized carbons (Fsp3) is 0.900. The zero-order chi connectivity index (χ0) is 13.8. The van der Waals surface area contributed by atoms with Gasteiger partial charge in [-0.25, -0.2) is 4.79 Å². The highest BCUT2D eigenvalue weighted by molar-refractivity contribution is 5.74. The standard InChI is InChI=1S/C10H18F3N3O2/c1-7(5-17)14-9(18)15-8-2-3-16(4-8)6-10(11,12)13/h7-8,17H,2-6H2,1H3,(H2,14,15,18). The molecule has 2 unspecified atom stereocenters. The fourth-order valence-corrected chi connectivity index (χ4v) is 1.84. The molecule has 106 valence electrons. The number of hydrogen-bond acceptors (Lipinski definition) is 3. The third-order valence-electron chi connectivity index (χ3n) is 2.66. The number of urea groups is 1. The lowest BCUT2D eigenvalue weighted by molar-refractivity contribution is -0.143. The molecule has 3 N–H and O–H groups in total. The number of rotatable bonds is 4. The third-order valence-corrected chi connectivity index (χ3v) is 2.66. The number of aliphatic hydroxyl groups is 1. The molecule has 1 aliphatic heterocycles. The summed E-state index contributed by atoms with van der Waals surface area (Å²) in [6.45, 7) is 1.02. The molecule has 2 amide bonds. The molecule has 0 aromatic rings. The van der Waals surface area contributed by atoms with Crippen molar-refractivity contribution in [1.82, 2.24) is 15.5 Å². The van der Waals surface area contributed by atoms with Crippen molar-refractivity contribution in [1.29, 1.82) is 0 Å². The van der Waals surface area contributed by atoms with Crippen LogP contribution in [0.15, 0.2) is 0 Å². The molecular formula is C10H18F3N3O2. The zero-order valence-corrected chi connectivity index (χ0v) is 10.1. The first-order chi connectivity index (χ1) is 8.30. The van der Waals surface area contributed by atoms with Crippen LogP contribution in [0, 0.1) is 0 Å². The average Bonchev–Trinajstić information content (AvgIpc) is 2.62. The summed E-state index contributed by atoms with van der Waals surface area (Å²) in [6.07, 6.45) is -3.71. The summed E-state index contributed by atoms with van der Waals surface area (Å²) in [6, 6.07) is -1.12. The van der Waals surface area contributed by atoms with Crippen molar-refractivity contribution in [2.24, 2.45) is 0 Å². The van der Waals surface area contributed by atoms with Crippen LogP contribution in [0.2, 0.25) is 0 Å². The Labute approximate surface area is 103 Å². The summed E-state index contributed by atoms with van der Waals surface area (Å²) in [5.74, 6) is 0. The van der Waals surface area contributed by atoms with Gasteiger partial charge in [-0.05, 0) is 13.3 Å². The minimum atomic E-state index is -4.21. The molecule has 2 atom stereocenters. The summed E-state index contributed by atoms with van der Waals surface area (Å²) in [5, 5.41) is 13.8. The first-order valence-electron chi connectivity index (χ1n) is 5.77. The van der Waals surface area contributed by atoms with Crippen LogP contribution in [-0.2, 0) is 0 Å². The number of carbonyl (C=O) groups excluding carboxylic acids is 1. The average molecular weight is 269 g/mol. The molecule has 0 aliphatic carbocycles. The Hall–Kier alpha value is -1.02. The van der Waals surface area contributed by atoms with Crippen LogP contribution in [0.25, 0.3) is 0 Å². The molecule has 18 heavy (non-hydrogen) atoms. The Morgan fingerprint density at radius 3 is 2.78 bits per heavy atom. The van der Waals surface area contributed by atoms with E-state index in [4.69, 9.17) is 5.11 Å². The molecule has 0 bridgehead atoms. The largest absolute Gasteiger partial charge is 0.401 e. The number of nitrogens with one attached hydrogen (secondary N) is 2. The summed E-state index contributed by atoms with van der Waals surface area (Å²) >= 11 is 0. The van der Waals surface area contributed by atoms with Gasteiger partial charge in [0.05, 0.1) is 19.2 Å². The molecule has 0 radical (unpaired) electrons. The van der Waals surface area contributed by atoms with E-state index in [0.717, 1.165) is 0 Å². The van der Waals surface area contributed by atoms with E-state index in [2.05, 4.69) is 10.6 Å². The van der Waals surface area contributed by atoms with E-state index in [1.165, 1.54) is 4.90 Å². The molecule has 0 saturated carbocycles. The van der Waals surface area contributed by atoms with Crippen LogP contribution in [0.3, 0.4) is 0 Å². The molecule has 1 aliphatic rings. The number of hydrogen-bond donors (Lipinski definition) is 3. The zero-order valence-electron chi connectivity index (χ0n) is 10.1. The number of carbonyl (C=O) groups is 1. The molecule has 0 spiro atoms. The lowest BCUT2D eigenvalue weighted by atomic mass is 10.3. The van der Waals surface area contributed by atoms with Crippen molar-refractivity contribution in [3.63, 3.8) is 0 Å². The van der Waals surface area contributed by atoms with Crippen LogP contribution >= 0.6 is 0 Å². The van der Waals surface area contributed by atoms with E-state index in [0.29, 0.717) is 13.0 Å². The Bertz CT molecular complexity index is 286. The smallest absolute Gasteiger partial charge is 0.394 e. The van der Waals surface area contributed by atoms with Crippen molar-refractivity contribution in [2.75, 3.05) is 26.2 Å². The fourth-order valence-electron chi connectivity index (χ4n) is 1.84. The number of aliphatic hydroxyl groups excluding tert-OH is 1. The second kappa shape index (κ2) is 6.24. The highest BCUT2D eigenvalue weighted by Gasteiger charge is 2.34. The van der Waals surface area contributed by atoms with Crippen molar-refractivity contribution >= 4 is 6.03 Å². The molecule has 1 saturated heterocycles. The molecular weight excluding hydrogens is 251 g/mol. The van der Waals surface area contributed by atoms with E-state index >= 15 is 0 Å². The van der Waals surface area contributed by atoms with Gasteiger partial charge in [-0.3, -0.25) is 4.90 Å². The maximum Gasteiger partial charge on any atom is 0.401 e. The minimum Gasteiger partial charge on any atom is -0.394 e. The van der Waals surface area contributed by atoms with Gasteiger partial charge in [0.1, 0.15) is 0 Å². The summed E-state index contributed by atoms with van der Waals surface area (Å²) < 4.78 is 36.4. The van der Waals surface area contributed by atoms with E-state index in [1.807, 2.05) is 0 Å². The predicted molar refractivity (Wildman–Crippen MR) is 59.1 cm³/mol. The Morgan fingerprint density at radius 2 is 2.22 bits per heavy atom. The molecule has 1 heterocycles. The van der Waals surface area contributed by atoms with Gasteiger partial charge < -0.3 is 15.7 Å². The SMILES string of the molecule is CC(CO)NC(=O)NC1CCN(CC(F)(F)F)C1. The predicted octanol–water partition coefficient (Wildman–Crippen LogP) is 0.303. The Morgan fingerprint density at radius 1 is 1.56 bits per heavy atom. The van der Waals surface area contributed by atoms with Gasteiger partial charge in [-0.1, -0.05) is 0 Å². The summed E-state index contributed by atoms with van der Waals surface area (Å²) in [7, 11) is 0. The van der Waals surface area contributed by atoms with E-state index in [9.17, 15) is 18.0 Å². The Balaban J connectivity index is 2.28. The van der Waals surface area contributed by atoms with Crippen molar-refractivity contribution in [2.45, 2.75) is 31.6 Å². The van der Waals surface area contributed by atoms with Gasteiger partial charge in [0.2, 0.25) is 0 Å². The van der Waals surface area contributed by atoms with Gasteiger partial charge in [-0.2, -0.15) is 13.2 Å². The first kappa shape index (κ1) is 15.0. The number of alkyl halides is 3. The van der Waals surface area contributed by atoms with Gasteiger partial charge in [-0.15, -0.1) is 0 Å². The number of amides is 2. The third kappa shape index (κ3) is 5.54. The molecule has 1 fully saturated rings. The second-order valence-electron chi connectivity index (χ2n) is 4.54. The molecule has 1 rings (SSSR count). The van der Waals surface area contributed by atoms with Gasteiger partial charge in [0.25, 0.3) is 0 Å². The second-order valence-corrected chi connectivity index (χ2v) is 4.54. The first-order valence-corrected chi connectivity index (χ1v) is 5.77. The minimum absolute atomic E-state index is 0.182. The van der Waals surface area contributed by atoms with Crippen molar-refractivity contribution in [3.8, 4) is 0 Å². The maximum absolute atomic E-state index is 12.1. The molecule has 0 aromatic heterocycles. The Kier molecular flexibility index (Phi) is 5.21. The number of likely N-dealkylation sites (tertiary alicyclic amines) is 1. The van der Waals surface area contributed by atoms with Crippen LogP contribution in [0.1, 0.15) is 13.3 Å². The van der Waals surface area contributed by atoms with Crippen LogP contribution in [0.4, 0.5) is 18.0 Å². The van der Waals surface area contributed by atoms with Crippen LogP contribution in [-0.4, -0.2) is 60.5 Å².